The van der Waals surface area contributed by atoms with Gasteiger partial charge in [-0.15, -0.1) is 0 Å². The van der Waals surface area contributed by atoms with E-state index in [9.17, 15) is 0 Å². The molecule has 0 saturated heterocycles. The third-order valence-corrected chi connectivity index (χ3v) is 1.80. The van der Waals surface area contributed by atoms with E-state index in [2.05, 4.69) is 20.8 Å². The van der Waals surface area contributed by atoms with Gasteiger partial charge >= 0.3 is 0 Å². The minimum atomic E-state index is 0.115. The molecule has 2 heteroatoms. The quantitative estimate of drug-likeness (QED) is 0.544. The number of rotatable bonds is 1. The van der Waals surface area contributed by atoms with Crippen molar-refractivity contribution in [2.75, 3.05) is 6.54 Å². The molecule has 0 aliphatic heterocycles. The van der Waals surface area contributed by atoms with Gasteiger partial charge in [0.2, 0.25) is 0 Å². The van der Waals surface area contributed by atoms with Crippen LogP contribution in [-0.2, 0) is 0 Å². The predicted molar refractivity (Wildman–Crippen MR) is 41.1 cm³/mol. The molecule has 2 N–H and O–H groups in total. The van der Waals surface area contributed by atoms with Crippen LogP contribution in [-0.4, -0.2) is 11.4 Å². The van der Waals surface area contributed by atoms with Crippen LogP contribution in [0.1, 0.15) is 20.8 Å². The highest BCUT2D eigenvalue weighted by Gasteiger charge is 2.13. The molecule has 0 aromatic carbocycles. The fourth-order valence-corrected chi connectivity index (χ4v) is 0.306. The van der Waals surface area contributed by atoms with Crippen molar-refractivity contribution in [3.63, 3.8) is 0 Å². The predicted octanol–water partition coefficient (Wildman–Crippen LogP) is 1.36. The maximum absolute atomic E-state index is 5.32. The normalized spacial score (nSPS) is 11.5. The molecule has 0 atom stereocenters. The first-order valence-electron chi connectivity index (χ1n) is 2.72. The van der Waals surface area contributed by atoms with Gasteiger partial charge in [-0.05, 0) is 5.41 Å². The summed E-state index contributed by atoms with van der Waals surface area (Å²) in [5.41, 5.74) is 5.43. The Labute approximate surface area is 56.3 Å². The second-order valence-corrected chi connectivity index (χ2v) is 3.37. The molecule has 0 saturated carbocycles. The van der Waals surface area contributed by atoms with Crippen molar-refractivity contribution in [2.45, 2.75) is 20.8 Å². The third-order valence-electron chi connectivity index (χ3n) is 1.02. The van der Waals surface area contributed by atoms with Gasteiger partial charge in [0.1, 0.15) is 0 Å². The smallest absolute Gasteiger partial charge is 0.0248 e. The summed E-state index contributed by atoms with van der Waals surface area (Å²) in [6.07, 6.45) is 0. The monoisotopic (exact) mass is 131 g/mol. The lowest BCUT2D eigenvalue weighted by Crippen LogP contribution is -2.25. The van der Waals surface area contributed by atoms with Crippen LogP contribution >= 0.6 is 12.2 Å². The molecule has 0 spiro atoms. The van der Waals surface area contributed by atoms with Crippen molar-refractivity contribution in [1.29, 1.82) is 0 Å². The first-order valence-corrected chi connectivity index (χ1v) is 3.12. The lowest BCUT2D eigenvalue weighted by atomic mass is 9.92. The fourth-order valence-electron chi connectivity index (χ4n) is 0.306. The van der Waals surface area contributed by atoms with E-state index < -0.39 is 0 Å². The number of nitrogens with two attached hydrogens (primary N) is 1. The molecule has 0 aromatic rings. The fraction of sp³-hybridized carbons (Fsp3) is 0.833. The zero-order chi connectivity index (χ0) is 6.78. The Bertz CT molecular complexity index is 91.2. The summed E-state index contributed by atoms with van der Waals surface area (Å²) >= 11 is 4.97. The van der Waals surface area contributed by atoms with E-state index >= 15 is 0 Å². The molecule has 8 heavy (non-hydrogen) atoms. The molecule has 0 aromatic heterocycles. The van der Waals surface area contributed by atoms with Gasteiger partial charge in [-0.2, -0.15) is 0 Å². The highest BCUT2D eigenvalue weighted by molar-refractivity contribution is 7.80. The summed E-state index contributed by atoms with van der Waals surface area (Å²) in [6, 6.07) is 0. The standard InChI is InChI=1S/C6H13NS/c1-6(2,3)5(8)4-7/h4,7H2,1-3H3. The summed E-state index contributed by atoms with van der Waals surface area (Å²) in [5.74, 6) is 0. The molecule has 0 radical (unpaired) electrons. The Morgan fingerprint density at radius 3 is 1.88 bits per heavy atom. The average Bonchev–Trinajstić information content (AvgIpc) is 1.62. The second-order valence-electron chi connectivity index (χ2n) is 2.88. The molecule has 0 unspecified atom stereocenters. The van der Waals surface area contributed by atoms with Crippen LogP contribution in [0.5, 0.6) is 0 Å². The maximum Gasteiger partial charge on any atom is 0.0248 e. The SMILES string of the molecule is CC(C)(C)C(=S)CN. The van der Waals surface area contributed by atoms with Gasteiger partial charge in [-0.1, -0.05) is 33.0 Å². The molecule has 0 fully saturated rings. The van der Waals surface area contributed by atoms with E-state index in [0.717, 1.165) is 4.86 Å². The van der Waals surface area contributed by atoms with E-state index in [-0.39, 0.29) is 5.41 Å². The van der Waals surface area contributed by atoms with Gasteiger partial charge in [0.25, 0.3) is 0 Å². The molecule has 48 valence electrons. The Balaban J connectivity index is 3.82. The molecular formula is C6H13NS. The molecule has 0 heterocycles. The summed E-state index contributed by atoms with van der Waals surface area (Å²) in [7, 11) is 0. The molecule has 0 rings (SSSR count). The zero-order valence-electron chi connectivity index (χ0n) is 5.69. The lowest BCUT2D eigenvalue weighted by Gasteiger charge is -2.17. The minimum Gasteiger partial charge on any atom is -0.326 e. The Morgan fingerprint density at radius 2 is 1.88 bits per heavy atom. The summed E-state index contributed by atoms with van der Waals surface area (Å²) < 4.78 is 0. The van der Waals surface area contributed by atoms with Gasteiger partial charge in [-0.3, -0.25) is 0 Å². The average molecular weight is 131 g/mol. The van der Waals surface area contributed by atoms with Crippen LogP contribution < -0.4 is 5.73 Å². The largest absolute Gasteiger partial charge is 0.326 e. The molecule has 0 aliphatic rings. The highest BCUT2D eigenvalue weighted by atomic mass is 32.1. The topological polar surface area (TPSA) is 26.0 Å². The van der Waals surface area contributed by atoms with Crippen molar-refractivity contribution in [3.05, 3.63) is 0 Å². The maximum atomic E-state index is 5.32. The Kier molecular flexibility index (Phi) is 2.57. The zero-order valence-corrected chi connectivity index (χ0v) is 6.51. The van der Waals surface area contributed by atoms with Gasteiger partial charge < -0.3 is 5.73 Å². The molecular weight excluding hydrogens is 118 g/mol. The summed E-state index contributed by atoms with van der Waals surface area (Å²) in [6.45, 7) is 6.74. The number of hydrogen-bond donors (Lipinski definition) is 1. The van der Waals surface area contributed by atoms with Gasteiger partial charge in [0, 0.05) is 11.4 Å². The lowest BCUT2D eigenvalue weighted by molar-refractivity contribution is 0.594. The van der Waals surface area contributed by atoms with E-state index in [1.807, 2.05) is 0 Å². The third kappa shape index (κ3) is 2.38. The van der Waals surface area contributed by atoms with Crippen molar-refractivity contribution < 1.29 is 0 Å². The second kappa shape index (κ2) is 2.55. The molecule has 0 bridgehead atoms. The van der Waals surface area contributed by atoms with Crippen LogP contribution in [0.2, 0.25) is 0 Å². The van der Waals surface area contributed by atoms with Crippen LogP contribution in [0.4, 0.5) is 0 Å². The Hall–Kier alpha value is 0.0500. The van der Waals surface area contributed by atoms with Crippen LogP contribution in [0.15, 0.2) is 0 Å². The van der Waals surface area contributed by atoms with Crippen LogP contribution in [0.25, 0.3) is 0 Å². The van der Waals surface area contributed by atoms with Crippen molar-refractivity contribution in [1.82, 2.24) is 0 Å². The van der Waals surface area contributed by atoms with Crippen molar-refractivity contribution >= 4 is 17.1 Å². The highest BCUT2D eigenvalue weighted by Crippen LogP contribution is 2.14. The van der Waals surface area contributed by atoms with E-state index in [0.29, 0.717) is 6.54 Å². The van der Waals surface area contributed by atoms with Crippen molar-refractivity contribution in [2.24, 2.45) is 11.1 Å². The van der Waals surface area contributed by atoms with Gasteiger partial charge in [0.05, 0.1) is 0 Å². The van der Waals surface area contributed by atoms with E-state index in [1.165, 1.54) is 0 Å². The van der Waals surface area contributed by atoms with E-state index in [4.69, 9.17) is 18.0 Å². The molecule has 1 nitrogen and oxygen atoms in total. The summed E-state index contributed by atoms with van der Waals surface area (Å²) in [5, 5.41) is 0. The number of hydrogen-bond acceptors (Lipinski definition) is 2. The van der Waals surface area contributed by atoms with Crippen molar-refractivity contribution in [3.8, 4) is 0 Å². The summed E-state index contributed by atoms with van der Waals surface area (Å²) in [4.78, 5) is 0.942. The van der Waals surface area contributed by atoms with Crippen LogP contribution in [0.3, 0.4) is 0 Å². The first kappa shape index (κ1) is 8.05. The first-order chi connectivity index (χ1) is 3.48. The number of thiocarbonyl (C=S) groups is 1. The van der Waals surface area contributed by atoms with Gasteiger partial charge in [0.15, 0.2) is 0 Å². The minimum absolute atomic E-state index is 0.115. The molecule has 0 aliphatic carbocycles. The van der Waals surface area contributed by atoms with Gasteiger partial charge in [-0.25, -0.2) is 0 Å². The van der Waals surface area contributed by atoms with Crippen LogP contribution in [0, 0.1) is 5.41 Å². The Morgan fingerprint density at radius 1 is 1.50 bits per heavy atom. The van der Waals surface area contributed by atoms with E-state index in [1.54, 1.807) is 0 Å². The molecule has 0 amide bonds.